The molecule has 1 rings (SSSR count). The van der Waals surface area contributed by atoms with E-state index in [4.69, 9.17) is 9.79 Å². The van der Waals surface area contributed by atoms with Gasteiger partial charge in [-0.2, -0.15) is 0 Å². The molecule has 8 heteroatoms. The summed E-state index contributed by atoms with van der Waals surface area (Å²) in [7, 11) is -2.79. The lowest BCUT2D eigenvalue weighted by Crippen LogP contribution is -2.42. The summed E-state index contributed by atoms with van der Waals surface area (Å²) in [5.74, 6) is 0. The van der Waals surface area contributed by atoms with Gasteiger partial charge in [0, 0.05) is 25.9 Å². The molecule has 0 aromatic carbocycles. The van der Waals surface area contributed by atoms with E-state index in [-0.39, 0.29) is 12.8 Å². The summed E-state index contributed by atoms with van der Waals surface area (Å²) in [5, 5.41) is 2.71. The molecule has 0 radical (unpaired) electrons. The zero-order chi connectivity index (χ0) is 10.8. The van der Waals surface area contributed by atoms with Crippen LogP contribution in [0.15, 0.2) is 5.18 Å². The van der Waals surface area contributed by atoms with Gasteiger partial charge in [0.1, 0.15) is 0 Å². The molecule has 0 spiro atoms. The average molecular weight is 224 g/mol. The van der Waals surface area contributed by atoms with Crippen LogP contribution in [0.25, 0.3) is 0 Å². The highest BCUT2D eigenvalue weighted by atomic mass is 31.2. The van der Waals surface area contributed by atoms with Gasteiger partial charge in [-0.05, 0) is 12.2 Å². The molecule has 1 aliphatic rings. The first kappa shape index (κ1) is 11.7. The van der Waals surface area contributed by atoms with Gasteiger partial charge in [-0.1, -0.05) is 0 Å². The van der Waals surface area contributed by atoms with Crippen molar-refractivity contribution in [3.63, 3.8) is 0 Å². The van der Waals surface area contributed by atoms with Crippen LogP contribution >= 0.6 is 7.82 Å². The Morgan fingerprint density at radius 1 is 1.43 bits per heavy atom. The fourth-order valence-corrected chi connectivity index (χ4v) is 2.05. The first-order valence-corrected chi connectivity index (χ1v) is 5.69. The van der Waals surface area contributed by atoms with E-state index in [0.29, 0.717) is 13.1 Å². The number of nitroso groups, excluding NO2 is 1. The molecule has 0 aliphatic carbocycles. The highest BCUT2D eigenvalue weighted by Gasteiger charge is 2.41. The van der Waals surface area contributed by atoms with E-state index < -0.39 is 13.5 Å². The number of piperidine rings is 1. The molecule has 1 aliphatic heterocycles. The maximum atomic E-state index is 10.6. The number of likely N-dealkylation sites (tertiary alicyclic amines) is 1. The number of rotatable bonds is 3. The molecule has 0 unspecified atom stereocenters. The monoisotopic (exact) mass is 224 g/mol. The van der Waals surface area contributed by atoms with Gasteiger partial charge in [-0.15, -0.1) is 4.91 Å². The zero-order valence-corrected chi connectivity index (χ0v) is 8.68. The van der Waals surface area contributed by atoms with E-state index in [1.165, 1.54) is 0 Å². The predicted octanol–water partition coefficient (Wildman–Crippen LogP) is 0.284. The van der Waals surface area contributed by atoms with Crippen LogP contribution in [-0.2, 0) is 9.09 Å². The Balaban J connectivity index is 2.68. The van der Waals surface area contributed by atoms with Gasteiger partial charge >= 0.3 is 7.82 Å². The summed E-state index contributed by atoms with van der Waals surface area (Å²) >= 11 is 0. The van der Waals surface area contributed by atoms with Gasteiger partial charge < -0.3 is 14.7 Å². The first-order chi connectivity index (χ1) is 6.37. The smallest absolute Gasteiger partial charge is 0.306 e. The number of phosphoric ester groups is 1. The number of hydrogen-bond acceptors (Lipinski definition) is 5. The van der Waals surface area contributed by atoms with Crippen molar-refractivity contribution >= 4 is 7.82 Å². The Labute approximate surface area is 81.3 Å². The van der Waals surface area contributed by atoms with Crippen molar-refractivity contribution in [2.75, 3.05) is 20.1 Å². The van der Waals surface area contributed by atoms with Gasteiger partial charge in [-0.3, -0.25) is 4.52 Å². The molecule has 14 heavy (non-hydrogen) atoms. The minimum Gasteiger partial charge on any atom is -0.306 e. The second kappa shape index (κ2) is 4.04. The lowest BCUT2D eigenvalue weighted by atomic mass is 10.0. The SMILES string of the molecule is CN1CCC(N=O)(OP(=O)(O)O)CC1. The van der Waals surface area contributed by atoms with Crippen LogP contribution in [0.5, 0.6) is 0 Å². The molecule has 0 aromatic heterocycles. The van der Waals surface area contributed by atoms with E-state index in [0.717, 1.165) is 0 Å². The summed E-state index contributed by atoms with van der Waals surface area (Å²) in [5.41, 5.74) is -1.55. The summed E-state index contributed by atoms with van der Waals surface area (Å²) in [6, 6.07) is 0. The van der Waals surface area contributed by atoms with Crippen molar-refractivity contribution in [1.82, 2.24) is 4.90 Å². The molecule has 0 atom stereocenters. The molecule has 82 valence electrons. The summed E-state index contributed by atoms with van der Waals surface area (Å²) in [4.78, 5) is 29.7. The van der Waals surface area contributed by atoms with E-state index >= 15 is 0 Å². The molecule has 0 bridgehead atoms. The molecule has 1 fully saturated rings. The molecule has 1 saturated heterocycles. The molecule has 1 heterocycles. The lowest BCUT2D eigenvalue weighted by Gasteiger charge is -2.34. The Hall–Kier alpha value is -0.330. The maximum absolute atomic E-state index is 10.6. The molecule has 2 N–H and O–H groups in total. The van der Waals surface area contributed by atoms with Gasteiger partial charge in [0.15, 0.2) is 0 Å². The summed E-state index contributed by atoms with van der Waals surface area (Å²) < 4.78 is 15.0. The Morgan fingerprint density at radius 3 is 2.29 bits per heavy atom. The topological polar surface area (TPSA) is 99.4 Å². The van der Waals surface area contributed by atoms with Gasteiger partial charge in [-0.25, -0.2) is 4.57 Å². The van der Waals surface area contributed by atoms with Crippen LogP contribution < -0.4 is 0 Å². The third-order valence-corrected chi connectivity index (χ3v) is 2.80. The minimum atomic E-state index is -4.65. The lowest BCUT2D eigenvalue weighted by molar-refractivity contribution is -0.00872. The van der Waals surface area contributed by atoms with Gasteiger partial charge in [0.05, 0.1) is 0 Å². The Kier molecular flexibility index (Phi) is 3.39. The zero-order valence-electron chi connectivity index (χ0n) is 7.79. The number of phosphoric acid groups is 1. The van der Waals surface area contributed by atoms with Gasteiger partial charge in [0.2, 0.25) is 5.72 Å². The van der Waals surface area contributed by atoms with Crippen molar-refractivity contribution < 1.29 is 18.9 Å². The fourth-order valence-electron chi connectivity index (χ4n) is 1.39. The van der Waals surface area contributed by atoms with E-state index in [9.17, 15) is 9.47 Å². The normalized spacial score (nSPS) is 23.4. The Morgan fingerprint density at radius 2 is 1.93 bits per heavy atom. The first-order valence-electron chi connectivity index (χ1n) is 4.16. The molecular formula is C6H13N2O5P. The van der Waals surface area contributed by atoms with Crippen LogP contribution in [0.3, 0.4) is 0 Å². The third kappa shape index (κ3) is 3.11. The van der Waals surface area contributed by atoms with Crippen molar-refractivity contribution in [3.8, 4) is 0 Å². The molecular weight excluding hydrogens is 211 g/mol. The van der Waals surface area contributed by atoms with E-state index in [1.54, 1.807) is 0 Å². The van der Waals surface area contributed by atoms with Crippen LogP contribution in [-0.4, -0.2) is 40.5 Å². The second-order valence-corrected chi connectivity index (χ2v) is 4.59. The Bertz CT molecular complexity index is 257. The van der Waals surface area contributed by atoms with Crippen LogP contribution in [0.4, 0.5) is 0 Å². The third-order valence-electron chi connectivity index (χ3n) is 2.22. The summed E-state index contributed by atoms with van der Waals surface area (Å²) in [6.07, 6.45) is 0.413. The number of hydrogen-bond donors (Lipinski definition) is 2. The fraction of sp³-hybridized carbons (Fsp3) is 1.00. The molecule has 7 nitrogen and oxygen atoms in total. The van der Waals surface area contributed by atoms with E-state index in [1.807, 2.05) is 11.9 Å². The van der Waals surface area contributed by atoms with Gasteiger partial charge in [0.25, 0.3) is 0 Å². The number of nitrogens with zero attached hydrogens (tertiary/aromatic N) is 2. The minimum absolute atomic E-state index is 0.206. The molecule has 0 aromatic rings. The van der Waals surface area contributed by atoms with Crippen molar-refractivity contribution in [2.24, 2.45) is 5.18 Å². The van der Waals surface area contributed by atoms with E-state index in [2.05, 4.69) is 9.70 Å². The van der Waals surface area contributed by atoms with Crippen LogP contribution in [0.1, 0.15) is 12.8 Å². The second-order valence-electron chi connectivity index (χ2n) is 3.42. The summed E-state index contributed by atoms with van der Waals surface area (Å²) in [6.45, 7) is 1.07. The van der Waals surface area contributed by atoms with Crippen LogP contribution in [0, 0.1) is 4.91 Å². The quantitative estimate of drug-likeness (QED) is 0.527. The van der Waals surface area contributed by atoms with Crippen molar-refractivity contribution in [1.29, 1.82) is 0 Å². The highest BCUT2D eigenvalue weighted by Crippen LogP contribution is 2.45. The molecule has 0 amide bonds. The van der Waals surface area contributed by atoms with Crippen LogP contribution in [0.2, 0.25) is 0 Å². The standard InChI is InChI=1S/C6H13N2O5P/c1-8-4-2-6(7-9,3-5-8)13-14(10,11)12/h2-5H2,1H3,(H2,10,11,12). The van der Waals surface area contributed by atoms with Crippen molar-refractivity contribution in [2.45, 2.75) is 18.6 Å². The largest absolute Gasteiger partial charge is 0.471 e. The maximum Gasteiger partial charge on any atom is 0.471 e. The predicted molar refractivity (Wildman–Crippen MR) is 48.4 cm³/mol. The average Bonchev–Trinajstić information content (AvgIpc) is 2.07. The van der Waals surface area contributed by atoms with Crippen molar-refractivity contribution in [3.05, 3.63) is 4.91 Å². The molecule has 0 saturated carbocycles. The highest BCUT2D eigenvalue weighted by molar-refractivity contribution is 7.46.